The standard InChI is InChI=1S/C24H27ClN2O2/c1-17(2)16-26-24(28)15-11-21-10-14-23(18-4-6-19(25)7-5-18)27(21)20-8-12-22(29-3)13-9-20/h4-10,12-14,17H,11,15-16H2,1-3H3,(H,26,28). The molecular formula is C24H27ClN2O2. The molecule has 1 aromatic heterocycles. The lowest BCUT2D eigenvalue weighted by Gasteiger charge is -2.15. The van der Waals surface area contributed by atoms with E-state index in [0.29, 0.717) is 30.3 Å². The Morgan fingerprint density at radius 3 is 2.34 bits per heavy atom. The third kappa shape index (κ3) is 5.42. The van der Waals surface area contributed by atoms with Crippen molar-refractivity contribution in [1.82, 2.24) is 9.88 Å². The maximum Gasteiger partial charge on any atom is 0.220 e. The number of hydrogen-bond donors (Lipinski definition) is 1. The Kier molecular flexibility index (Phi) is 6.99. The number of ether oxygens (including phenoxy) is 1. The molecule has 0 aliphatic heterocycles. The molecule has 0 saturated carbocycles. The van der Waals surface area contributed by atoms with Gasteiger partial charge in [0.05, 0.1) is 12.8 Å². The zero-order chi connectivity index (χ0) is 20.8. The third-order valence-corrected chi connectivity index (χ3v) is 5.00. The van der Waals surface area contributed by atoms with Crippen molar-refractivity contribution in [2.24, 2.45) is 5.92 Å². The lowest BCUT2D eigenvalue weighted by molar-refractivity contribution is -0.121. The van der Waals surface area contributed by atoms with Crippen LogP contribution in [0.2, 0.25) is 5.02 Å². The summed E-state index contributed by atoms with van der Waals surface area (Å²) in [6.45, 7) is 4.88. The van der Waals surface area contributed by atoms with Gasteiger partial charge >= 0.3 is 0 Å². The number of methoxy groups -OCH3 is 1. The summed E-state index contributed by atoms with van der Waals surface area (Å²) >= 11 is 6.07. The first kappa shape index (κ1) is 21.0. The van der Waals surface area contributed by atoms with Crippen LogP contribution in [0, 0.1) is 5.92 Å². The molecule has 0 atom stereocenters. The predicted octanol–water partition coefficient (Wildman–Crippen LogP) is 5.51. The van der Waals surface area contributed by atoms with Crippen molar-refractivity contribution >= 4 is 17.5 Å². The molecule has 0 aliphatic rings. The van der Waals surface area contributed by atoms with E-state index in [9.17, 15) is 4.79 Å². The fourth-order valence-electron chi connectivity index (χ4n) is 3.20. The van der Waals surface area contributed by atoms with Crippen molar-refractivity contribution in [3.63, 3.8) is 0 Å². The second kappa shape index (κ2) is 9.66. The van der Waals surface area contributed by atoms with Crippen LogP contribution in [0.3, 0.4) is 0 Å². The Hall–Kier alpha value is -2.72. The van der Waals surface area contributed by atoms with Crippen LogP contribution in [-0.4, -0.2) is 24.1 Å². The number of benzene rings is 2. The van der Waals surface area contributed by atoms with Crippen LogP contribution in [-0.2, 0) is 11.2 Å². The molecule has 1 amide bonds. The van der Waals surface area contributed by atoms with Gasteiger partial charge in [-0.05, 0) is 66.4 Å². The molecule has 1 N–H and O–H groups in total. The molecule has 152 valence electrons. The Morgan fingerprint density at radius 2 is 1.72 bits per heavy atom. The van der Waals surface area contributed by atoms with Gasteiger partial charge in [-0.1, -0.05) is 37.6 Å². The lowest BCUT2D eigenvalue weighted by Crippen LogP contribution is -2.27. The second-order valence-corrected chi connectivity index (χ2v) is 7.88. The molecule has 4 nitrogen and oxygen atoms in total. The summed E-state index contributed by atoms with van der Waals surface area (Å²) in [5.41, 5.74) is 4.24. The topological polar surface area (TPSA) is 43.3 Å². The van der Waals surface area contributed by atoms with Gasteiger partial charge < -0.3 is 14.6 Å². The molecule has 0 bridgehead atoms. The second-order valence-electron chi connectivity index (χ2n) is 7.45. The van der Waals surface area contributed by atoms with Gasteiger partial charge in [-0.15, -0.1) is 0 Å². The van der Waals surface area contributed by atoms with Gasteiger partial charge in [-0.2, -0.15) is 0 Å². The number of hydrogen-bond acceptors (Lipinski definition) is 2. The number of rotatable bonds is 8. The minimum absolute atomic E-state index is 0.0780. The number of carbonyl (C=O) groups is 1. The van der Waals surface area contributed by atoms with Crippen LogP contribution >= 0.6 is 11.6 Å². The van der Waals surface area contributed by atoms with E-state index in [1.165, 1.54) is 0 Å². The fourth-order valence-corrected chi connectivity index (χ4v) is 3.33. The van der Waals surface area contributed by atoms with Crippen molar-refractivity contribution in [3.05, 3.63) is 71.4 Å². The van der Waals surface area contributed by atoms with E-state index in [0.717, 1.165) is 28.4 Å². The molecular weight excluding hydrogens is 384 g/mol. The highest BCUT2D eigenvalue weighted by Crippen LogP contribution is 2.29. The number of aromatic nitrogens is 1. The van der Waals surface area contributed by atoms with E-state index in [-0.39, 0.29) is 5.91 Å². The van der Waals surface area contributed by atoms with Gasteiger partial charge in [0.15, 0.2) is 0 Å². The van der Waals surface area contributed by atoms with Gasteiger partial charge in [-0.3, -0.25) is 4.79 Å². The highest BCUT2D eigenvalue weighted by molar-refractivity contribution is 6.30. The van der Waals surface area contributed by atoms with Crippen molar-refractivity contribution < 1.29 is 9.53 Å². The molecule has 1 heterocycles. The minimum atomic E-state index is 0.0780. The minimum Gasteiger partial charge on any atom is -0.497 e. The third-order valence-electron chi connectivity index (χ3n) is 4.75. The van der Waals surface area contributed by atoms with Crippen LogP contribution in [0.5, 0.6) is 5.75 Å². The molecule has 0 fully saturated rings. The number of nitrogens with one attached hydrogen (secondary N) is 1. The molecule has 2 aromatic carbocycles. The Labute approximate surface area is 177 Å². The first-order valence-corrected chi connectivity index (χ1v) is 10.2. The predicted molar refractivity (Wildman–Crippen MR) is 119 cm³/mol. The zero-order valence-corrected chi connectivity index (χ0v) is 17.9. The highest BCUT2D eigenvalue weighted by Gasteiger charge is 2.14. The quantitative estimate of drug-likeness (QED) is 0.532. The summed E-state index contributed by atoms with van der Waals surface area (Å²) in [5.74, 6) is 1.33. The van der Waals surface area contributed by atoms with E-state index < -0.39 is 0 Å². The Balaban J connectivity index is 1.91. The molecule has 29 heavy (non-hydrogen) atoms. The normalized spacial score (nSPS) is 10.9. The first-order chi connectivity index (χ1) is 14.0. The number of amides is 1. The van der Waals surface area contributed by atoms with Crippen molar-refractivity contribution in [3.8, 4) is 22.7 Å². The van der Waals surface area contributed by atoms with E-state index in [1.807, 2.05) is 48.5 Å². The summed E-state index contributed by atoms with van der Waals surface area (Å²) in [4.78, 5) is 12.2. The largest absolute Gasteiger partial charge is 0.497 e. The highest BCUT2D eigenvalue weighted by atomic mass is 35.5. The number of aryl methyl sites for hydroxylation is 1. The van der Waals surface area contributed by atoms with Crippen LogP contribution in [0.15, 0.2) is 60.7 Å². The summed E-state index contributed by atoms with van der Waals surface area (Å²) in [6, 6.07) is 19.9. The Bertz CT molecular complexity index is 944. The monoisotopic (exact) mass is 410 g/mol. The van der Waals surface area contributed by atoms with Crippen LogP contribution < -0.4 is 10.1 Å². The van der Waals surface area contributed by atoms with Gasteiger partial charge in [0.25, 0.3) is 0 Å². The first-order valence-electron chi connectivity index (χ1n) is 9.85. The molecule has 0 radical (unpaired) electrons. The van der Waals surface area contributed by atoms with E-state index in [1.54, 1.807) is 7.11 Å². The summed E-state index contributed by atoms with van der Waals surface area (Å²) in [7, 11) is 1.66. The summed E-state index contributed by atoms with van der Waals surface area (Å²) < 4.78 is 7.49. The fraction of sp³-hybridized carbons (Fsp3) is 0.292. The van der Waals surface area contributed by atoms with Gasteiger partial charge in [0.2, 0.25) is 5.91 Å². The molecule has 0 saturated heterocycles. The molecule has 3 rings (SSSR count). The molecule has 0 aliphatic carbocycles. The average molecular weight is 411 g/mol. The van der Waals surface area contributed by atoms with Gasteiger partial charge in [0.1, 0.15) is 5.75 Å². The molecule has 0 unspecified atom stereocenters. The van der Waals surface area contributed by atoms with Gasteiger partial charge in [-0.25, -0.2) is 0 Å². The summed E-state index contributed by atoms with van der Waals surface area (Å²) in [5, 5.41) is 3.70. The van der Waals surface area contributed by atoms with Crippen LogP contribution in [0.4, 0.5) is 0 Å². The van der Waals surface area contributed by atoms with E-state index >= 15 is 0 Å². The Morgan fingerprint density at radius 1 is 1.03 bits per heavy atom. The maximum atomic E-state index is 12.2. The average Bonchev–Trinajstić information content (AvgIpc) is 3.15. The molecule has 5 heteroatoms. The van der Waals surface area contributed by atoms with Crippen LogP contribution in [0.25, 0.3) is 16.9 Å². The number of carbonyl (C=O) groups excluding carboxylic acids is 1. The SMILES string of the molecule is COc1ccc(-n2c(CCC(=O)NCC(C)C)ccc2-c2ccc(Cl)cc2)cc1. The van der Waals surface area contributed by atoms with Gasteiger partial charge in [0, 0.05) is 29.4 Å². The van der Waals surface area contributed by atoms with Crippen molar-refractivity contribution in [2.75, 3.05) is 13.7 Å². The number of halogens is 1. The van der Waals surface area contributed by atoms with E-state index in [4.69, 9.17) is 16.3 Å². The maximum absolute atomic E-state index is 12.2. The van der Waals surface area contributed by atoms with Crippen molar-refractivity contribution in [2.45, 2.75) is 26.7 Å². The number of nitrogens with zero attached hydrogens (tertiary/aromatic N) is 1. The van der Waals surface area contributed by atoms with Crippen LogP contribution in [0.1, 0.15) is 26.0 Å². The van der Waals surface area contributed by atoms with Crippen molar-refractivity contribution in [1.29, 1.82) is 0 Å². The zero-order valence-electron chi connectivity index (χ0n) is 17.1. The van der Waals surface area contributed by atoms with E-state index in [2.05, 4.69) is 35.9 Å². The lowest BCUT2D eigenvalue weighted by atomic mass is 10.1. The smallest absolute Gasteiger partial charge is 0.220 e. The molecule has 0 spiro atoms. The summed E-state index contributed by atoms with van der Waals surface area (Å²) in [6.07, 6.45) is 1.11. The molecule has 3 aromatic rings.